The normalized spacial score (nSPS) is 32.5. The summed E-state index contributed by atoms with van der Waals surface area (Å²) in [5, 5.41) is 5.41. The summed E-state index contributed by atoms with van der Waals surface area (Å²) >= 11 is 0. The first-order valence-electron chi connectivity index (χ1n) is 11.0. The summed E-state index contributed by atoms with van der Waals surface area (Å²) in [6.45, 7) is 2.57. The van der Waals surface area contributed by atoms with E-state index in [0.29, 0.717) is 18.4 Å². The lowest BCUT2D eigenvalue weighted by Gasteiger charge is -2.37. The predicted octanol–water partition coefficient (Wildman–Crippen LogP) is 3.96. The highest BCUT2D eigenvalue weighted by Gasteiger charge is 2.67. The topological polar surface area (TPSA) is 59.0 Å². The fourth-order valence-electron chi connectivity index (χ4n) is 5.68. The van der Waals surface area contributed by atoms with Crippen molar-refractivity contribution in [2.24, 2.45) is 40.6 Å². The highest BCUT2D eigenvalue weighted by atomic mass is 16.5. The van der Waals surface area contributed by atoms with Crippen LogP contribution in [0.4, 0.5) is 0 Å². The molecule has 2 aromatic carbocycles. The number of aryl methyl sites for hydroxylation is 1. The molecule has 2 aromatic rings. The number of carbonyl (C=O) groups is 2. The van der Waals surface area contributed by atoms with Gasteiger partial charge in [0.25, 0.3) is 11.8 Å². The maximum atomic E-state index is 13.0. The fraction of sp³-hybridized carbons (Fsp3) is 0.346. The van der Waals surface area contributed by atoms with E-state index in [4.69, 9.17) is 4.74 Å². The lowest BCUT2D eigenvalue weighted by molar-refractivity contribution is -0.140. The Morgan fingerprint density at radius 1 is 0.935 bits per heavy atom. The van der Waals surface area contributed by atoms with Crippen molar-refractivity contribution in [2.75, 3.05) is 0 Å². The van der Waals surface area contributed by atoms with Crippen molar-refractivity contribution in [1.29, 1.82) is 0 Å². The second kappa shape index (κ2) is 6.91. The number of ether oxygens (including phenoxy) is 1. The number of rotatable bonds is 5. The van der Waals surface area contributed by atoms with Crippen LogP contribution in [-0.4, -0.2) is 23.0 Å². The van der Waals surface area contributed by atoms with Crippen molar-refractivity contribution in [3.63, 3.8) is 0 Å². The number of benzene rings is 2. The van der Waals surface area contributed by atoms with E-state index in [9.17, 15) is 9.59 Å². The first-order valence-corrected chi connectivity index (χ1v) is 11.0. The smallest absolute Gasteiger partial charge is 0.254 e. The zero-order valence-corrected chi connectivity index (χ0v) is 17.3. The average molecular weight is 412 g/mol. The molecular formula is C26H24N2O3. The number of amides is 2. The third-order valence-electron chi connectivity index (χ3n) is 7.37. The Morgan fingerprint density at radius 3 is 2.16 bits per heavy atom. The molecule has 5 aliphatic rings. The molecule has 31 heavy (non-hydrogen) atoms. The van der Waals surface area contributed by atoms with Gasteiger partial charge in [0.05, 0.1) is 18.1 Å². The monoisotopic (exact) mass is 412 g/mol. The van der Waals surface area contributed by atoms with E-state index < -0.39 is 0 Å². The largest absolute Gasteiger partial charge is 0.489 e. The Labute approximate surface area is 181 Å². The van der Waals surface area contributed by atoms with Gasteiger partial charge in [-0.3, -0.25) is 9.59 Å². The van der Waals surface area contributed by atoms with Gasteiger partial charge in [0.15, 0.2) is 0 Å². The number of hydrogen-bond donors (Lipinski definition) is 0. The number of hydrazone groups is 1. The molecule has 0 radical (unpaired) electrons. The molecule has 1 heterocycles. The van der Waals surface area contributed by atoms with Crippen molar-refractivity contribution < 1.29 is 14.3 Å². The molecule has 1 aliphatic heterocycles. The summed E-state index contributed by atoms with van der Waals surface area (Å²) in [6, 6.07) is 15.8. The van der Waals surface area contributed by atoms with E-state index in [0.717, 1.165) is 28.3 Å². The summed E-state index contributed by atoms with van der Waals surface area (Å²) in [7, 11) is 0. The number of carbonyl (C=O) groups excluding carboxylic acids is 2. The molecule has 5 nitrogen and oxygen atoms in total. The molecule has 2 saturated carbocycles. The molecule has 156 valence electrons. The molecule has 6 atom stereocenters. The van der Waals surface area contributed by atoms with Crippen molar-refractivity contribution in [3.8, 4) is 5.75 Å². The van der Waals surface area contributed by atoms with Crippen molar-refractivity contribution >= 4 is 18.0 Å². The van der Waals surface area contributed by atoms with E-state index in [1.165, 1.54) is 5.56 Å². The van der Waals surface area contributed by atoms with E-state index in [1.54, 1.807) is 6.21 Å². The maximum absolute atomic E-state index is 13.0. The summed E-state index contributed by atoms with van der Waals surface area (Å²) in [4.78, 5) is 25.9. The van der Waals surface area contributed by atoms with Crippen molar-refractivity contribution in [1.82, 2.24) is 5.01 Å². The Kier molecular flexibility index (Phi) is 4.13. The minimum Gasteiger partial charge on any atom is -0.489 e. The summed E-state index contributed by atoms with van der Waals surface area (Å²) in [6.07, 6.45) is 7.10. The van der Waals surface area contributed by atoms with Crippen LogP contribution in [0.15, 0.2) is 65.8 Å². The zero-order chi connectivity index (χ0) is 21.1. The number of imide groups is 1. The first kappa shape index (κ1) is 18.6. The van der Waals surface area contributed by atoms with Gasteiger partial charge in [0.1, 0.15) is 12.4 Å². The van der Waals surface area contributed by atoms with Crippen LogP contribution >= 0.6 is 0 Å². The van der Waals surface area contributed by atoms with Crippen LogP contribution in [-0.2, 0) is 16.2 Å². The molecule has 5 heteroatoms. The highest BCUT2D eigenvalue weighted by Crippen LogP contribution is 2.65. The molecule has 7 rings (SSSR count). The van der Waals surface area contributed by atoms with Crippen molar-refractivity contribution in [2.45, 2.75) is 20.0 Å². The third-order valence-corrected chi connectivity index (χ3v) is 7.37. The zero-order valence-electron chi connectivity index (χ0n) is 17.3. The number of nitrogens with zero attached hydrogens (tertiary/aromatic N) is 2. The molecule has 0 spiro atoms. The van der Waals surface area contributed by atoms with Crippen LogP contribution in [0.2, 0.25) is 0 Å². The molecule has 1 saturated heterocycles. The molecule has 2 bridgehead atoms. The van der Waals surface area contributed by atoms with E-state index in [-0.39, 0.29) is 35.5 Å². The average Bonchev–Trinajstić information content (AvgIpc) is 3.57. The molecule has 4 aliphatic carbocycles. The summed E-state index contributed by atoms with van der Waals surface area (Å²) in [5.74, 6) is 1.74. The molecule has 3 fully saturated rings. The van der Waals surface area contributed by atoms with Gasteiger partial charge in [-0.15, -0.1) is 0 Å². The fourth-order valence-corrected chi connectivity index (χ4v) is 5.68. The third kappa shape index (κ3) is 3.02. The minimum absolute atomic E-state index is 0.131. The van der Waals surface area contributed by atoms with Crippen LogP contribution in [0, 0.1) is 42.4 Å². The van der Waals surface area contributed by atoms with Crippen LogP contribution < -0.4 is 4.74 Å². The quantitative estimate of drug-likeness (QED) is 0.424. The van der Waals surface area contributed by atoms with Gasteiger partial charge in [-0.05, 0) is 72.4 Å². The lowest BCUT2D eigenvalue weighted by Crippen LogP contribution is -2.40. The van der Waals surface area contributed by atoms with Crippen LogP contribution in [0.1, 0.15) is 23.1 Å². The van der Waals surface area contributed by atoms with Crippen LogP contribution in [0.25, 0.3) is 0 Å². The van der Waals surface area contributed by atoms with Crippen molar-refractivity contribution in [3.05, 3.63) is 77.4 Å². The van der Waals surface area contributed by atoms with Gasteiger partial charge in [0, 0.05) is 0 Å². The van der Waals surface area contributed by atoms with Crippen LogP contribution in [0.5, 0.6) is 5.75 Å². The van der Waals surface area contributed by atoms with Crippen LogP contribution in [0.3, 0.4) is 0 Å². The van der Waals surface area contributed by atoms with Gasteiger partial charge in [-0.2, -0.15) is 10.1 Å². The SMILES string of the molecule is Cc1ccc(COc2ccc(/C=N\N3C(=O)[C@@H]4[C@H]5C=C[C@@H]([C@@H]6C[C@H]56)[C@H]4C3=O)cc2)cc1. The second-order valence-electron chi connectivity index (χ2n) is 9.23. The second-order valence-corrected chi connectivity index (χ2v) is 9.23. The minimum atomic E-state index is -0.207. The molecule has 0 N–H and O–H groups in total. The van der Waals surface area contributed by atoms with E-state index in [1.807, 2.05) is 24.3 Å². The Bertz CT molecular complexity index is 1070. The molecule has 0 unspecified atom stereocenters. The Balaban J connectivity index is 1.12. The van der Waals surface area contributed by atoms with E-state index in [2.05, 4.69) is 48.4 Å². The van der Waals surface area contributed by atoms with Gasteiger partial charge < -0.3 is 4.74 Å². The molecule has 0 aromatic heterocycles. The predicted molar refractivity (Wildman–Crippen MR) is 116 cm³/mol. The standard InChI is InChI=1S/C26H24N2O3/c1-15-2-4-17(5-3-15)14-31-18-8-6-16(7-9-18)13-27-28-25(29)23-19-10-11-20(22-12-21(19)22)24(23)26(28)30/h2-11,13,19-24H,12,14H2,1H3/b27-13-/t19-,20-,21-,22+,23+,24+/m0/s1. The lowest BCUT2D eigenvalue weighted by atomic mass is 9.63. The molecule has 2 amide bonds. The van der Waals surface area contributed by atoms with Gasteiger partial charge in [-0.25, -0.2) is 0 Å². The molecular weight excluding hydrogens is 388 g/mol. The van der Waals surface area contributed by atoms with Gasteiger partial charge in [-0.1, -0.05) is 42.0 Å². The van der Waals surface area contributed by atoms with Gasteiger partial charge >= 0.3 is 0 Å². The van der Waals surface area contributed by atoms with E-state index >= 15 is 0 Å². The Hall–Kier alpha value is -3.21. The summed E-state index contributed by atoms with van der Waals surface area (Å²) < 4.78 is 5.84. The number of allylic oxidation sites excluding steroid dienone is 2. The Morgan fingerprint density at radius 2 is 1.55 bits per heavy atom. The summed E-state index contributed by atoms with van der Waals surface area (Å²) in [5.41, 5.74) is 3.16. The highest BCUT2D eigenvalue weighted by molar-refractivity contribution is 6.06. The number of hydrogen-bond acceptors (Lipinski definition) is 4. The maximum Gasteiger partial charge on any atom is 0.254 e. The first-order chi connectivity index (χ1) is 15.1. The van der Waals surface area contributed by atoms with Gasteiger partial charge in [0.2, 0.25) is 0 Å².